The van der Waals surface area contributed by atoms with E-state index in [1.54, 1.807) is 0 Å². The van der Waals surface area contributed by atoms with Crippen molar-refractivity contribution in [2.45, 2.75) is 6.10 Å². The number of aromatic nitrogens is 3. The van der Waals surface area contributed by atoms with Crippen LogP contribution in [-0.2, 0) is 4.79 Å². The van der Waals surface area contributed by atoms with E-state index in [0.717, 1.165) is 0 Å². The van der Waals surface area contributed by atoms with Crippen LogP contribution in [0.25, 0.3) is 0 Å². The minimum atomic E-state index is -1.33. The Morgan fingerprint density at radius 2 is 2.25 bits per heavy atom. The van der Waals surface area contributed by atoms with E-state index < -0.39 is 12.0 Å². The van der Waals surface area contributed by atoms with Crippen molar-refractivity contribution in [1.82, 2.24) is 15.0 Å². The molecule has 9 heteroatoms. The number of aliphatic hydroxyl groups is 1. The first-order valence-electron chi connectivity index (χ1n) is 4.29. The predicted molar refractivity (Wildman–Crippen MR) is 54.5 cm³/mol. The second-order valence-corrected chi connectivity index (χ2v) is 2.80. The molecule has 9 nitrogen and oxygen atoms in total. The van der Waals surface area contributed by atoms with Gasteiger partial charge in [0.2, 0.25) is 17.8 Å². The van der Waals surface area contributed by atoms with E-state index in [2.05, 4.69) is 20.3 Å². The lowest BCUT2D eigenvalue weighted by molar-refractivity contribution is -0.125. The van der Waals surface area contributed by atoms with Crippen LogP contribution in [0.15, 0.2) is 0 Å². The maximum atomic E-state index is 10.5. The molecule has 1 rings (SSSR count). The van der Waals surface area contributed by atoms with Gasteiger partial charge in [-0.1, -0.05) is 0 Å². The number of nitrogen functional groups attached to an aromatic ring is 1. The van der Waals surface area contributed by atoms with Gasteiger partial charge in [-0.25, -0.2) is 0 Å². The predicted octanol–water partition coefficient (Wildman–Crippen LogP) is -2.28. The molecule has 16 heavy (non-hydrogen) atoms. The summed E-state index contributed by atoms with van der Waals surface area (Å²) in [5.74, 6) is -0.797. The lowest BCUT2D eigenvalue weighted by Crippen LogP contribution is -2.34. The summed E-state index contributed by atoms with van der Waals surface area (Å²) in [7, 11) is 1.37. The monoisotopic (exact) mass is 228 g/mol. The fourth-order valence-corrected chi connectivity index (χ4v) is 0.831. The number of primary amides is 1. The van der Waals surface area contributed by atoms with Crippen LogP contribution >= 0.6 is 0 Å². The van der Waals surface area contributed by atoms with Crippen molar-refractivity contribution in [3.8, 4) is 6.01 Å². The van der Waals surface area contributed by atoms with E-state index in [0.29, 0.717) is 0 Å². The average Bonchev–Trinajstić information content (AvgIpc) is 2.24. The molecule has 0 saturated heterocycles. The lowest BCUT2D eigenvalue weighted by atomic mass is 10.3. The van der Waals surface area contributed by atoms with Gasteiger partial charge in [-0.05, 0) is 0 Å². The first-order chi connectivity index (χ1) is 7.52. The summed E-state index contributed by atoms with van der Waals surface area (Å²) in [5.41, 5.74) is 10.2. The normalized spacial score (nSPS) is 11.9. The van der Waals surface area contributed by atoms with Crippen LogP contribution in [0, 0.1) is 0 Å². The van der Waals surface area contributed by atoms with Gasteiger partial charge in [0.25, 0.3) is 0 Å². The molecule has 6 N–H and O–H groups in total. The zero-order valence-electron chi connectivity index (χ0n) is 8.54. The zero-order chi connectivity index (χ0) is 12.1. The molecule has 1 aromatic rings. The van der Waals surface area contributed by atoms with Crippen LogP contribution in [0.1, 0.15) is 0 Å². The summed E-state index contributed by atoms with van der Waals surface area (Å²) < 4.78 is 4.75. The van der Waals surface area contributed by atoms with Gasteiger partial charge in [-0.2, -0.15) is 15.0 Å². The molecular weight excluding hydrogens is 216 g/mol. The third kappa shape index (κ3) is 3.20. The Bertz CT molecular complexity index is 384. The number of nitrogens with one attached hydrogen (secondary N) is 1. The highest BCUT2D eigenvalue weighted by molar-refractivity contribution is 5.79. The largest absolute Gasteiger partial charge is 0.467 e. The fourth-order valence-electron chi connectivity index (χ4n) is 0.831. The van der Waals surface area contributed by atoms with Gasteiger partial charge >= 0.3 is 6.01 Å². The van der Waals surface area contributed by atoms with E-state index in [9.17, 15) is 4.79 Å². The highest BCUT2D eigenvalue weighted by atomic mass is 16.5. The summed E-state index contributed by atoms with van der Waals surface area (Å²) in [5, 5.41) is 11.7. The zero-order valence-corrected chi connectivity index (χ0v) is 8.54. The highest BCUT2D eigenvalue weighted by Gasteiger charge is 2.11. The number of carbonyl (C=O) groups is 1. The van der Waals surface area contributed by atoms with E-state index in [-0.39, 0.29) is 24.5 Å². The minimum absolute atomic E-state index is 0.0311. The van der Waals surface area contributed by atoms with E-state index >= 15 is 0 Å². The molecule has 0 aliphatic heterocycles. The van der Waals surface area contributed by atoms with Crippen LogP contribution in [0.3, 0.4) is 0 Å². The van der Waals surface area contributed by atoms with Gasteiger partial charge in [-0.3, -0.25) is 4.79 Å². The van der Waals surface area contributed by atoms with Gasteiger partial charge in [-0.15, -0.1) is 0 Å². The van der Waals surface area contributed by atoms with Crippen molar-refractivity contribution >= 4 is 17.8 Å². The molecule has 0 fully saturated rings. The van der Waals surface area contributed by atoms with Crippen LogP contribution in [0.2, 0.25) is 0 Å². The van der Waals surface area contributed by atoms with Crippen LogP contribution < -0.4 is 21.5 Å². The summed E-state index contributed by atoms with van der Waals surface area (Å²) in [6, 6.07) is 0.0311. The van der Waals surface area contributed by atoms with Crippen molar-refractivity contribution < 1.29 is 14.6 Å². The van der Waals surface area contributed by atoms with Crippen LogP contribution in [0.5, 0.6) is 6.01 Å². The Morgan fingerprint density at radius 3 is 2.81 bits per heavy atom. The molecule has 1 unspecified atom stereocenters. The topological polar surface area (TPSA) is 149 Å². The summed E-state index contributed by atoms with van der Waals surface area (Å²) in [6.45, 7) is -0.123. The molecule has 1 aromatic heterocycles. The third-order valence-corrected chi connectivity index (χ3v) is 1.60. The maximum Gasteiger partial charge on any atom is 0.322 e. The molecule has 0 spiro atoms. The van der Waals surface area contributed by atoms with Gasteiger partial charge in [0, 0.05) is 0 Å². The van der Waals surface area contributed by atoms with Crippen molar-refractivity contribution in [2.24, 2.45) is 5.73 Å². The summed E-state index contributed by atoms with van der Waals surface area (Å²) in [6.07, 6.45) is -1.33. The molecule has 1 atom stereocenters. The van der Waals surface area contributed by atoms with E-state index in [1.165, 1.54) is 7.11 Å². The SMILES string of the molecule is COc1nc(N)nc(NCC(O)C(N)=O)n1. The summed E-state index contributed by atoms with van der Waals surface area (Å²) in [4.78, 5) is 21.7. The van der Waals surface area contributed by atoms with Crippen molar-refractivity contribution in [3.63, 3.8) is 0 Å². The van der Waals surface area contributed by atoms with Gasteiger partial charge in [0.1, 0.15) is 6.10 Å². The second kappa shape index (κ2) is 5.07. The molecular formula is C7H12N6O3. The number of ether oxygens (including phenoxy) is 1. The Kier molecular flexibility index (Phi) is 3.78. The van der Waals surface area contributed by atoms with Gasteiger partial charge in [0.05, 0.1) is 13.7 Å². The molecule has 0 saturated carbocycles. The number of hydrogen-bond acceptors (Lipinski definition) is 8. The first-order valence-corrected chi connectivity index (χ1v) is 4.29. The second-order valence-electron chi connectivity index (χ2n) is 2.80. The molecule has 0 bridgehead atoms. The van der Waals surface area contributed by atoms with Crippen LogP contribution in [-0.4, -0.2) is 45.7 Å². The standard InChI is InChI=1S/C7H12N6O3/c1-16-7-12-5(9)11-6(13-7)10-2-3(14)4(8)15/h3,14H,2H2,1H3,(H2,8,15)(H3,9,10,11,12,13). The fraction of sp³-hybridized carbons (Fsp3) is 0.429. The molecule has 0 aliphatic rings. The van der Waals surface area contributed by atoms with E-state index in [1.807, 2.05) is 0 Å². The molecule has 0 aliphatic carbocycles. The molecule has 1 amide bonds. The molecule has 88 valence electrons. The van der Waals surface area contributed by atoms with Gasteiger partial charge < -0.3 is 26.6 Å². The van der Waals surface area contributed by atoms with Crippen LogP contribution in [0.4, 0.5) is 11.9 Å². The van der Waals surface area contributed by atoms with Crippen molar-refractivity contribution in [3.05, 3.63) is 0 Å². The Morgan fingerprint density at radius 1 is 1.56 bits per heavy atom. The smallest absolute Gasteiger partial charge is 0.322 e. The number of nitrogens with two attached hydrogens (primary N) is 2. The quantitative estimate of drug-likeness (QED) is 0.440. The number of anilines is 2. The minimum Gasteiger partial charge on any atom is -0.467 e. The number of carbonyl (C=O) groups excluding carboxylic acids is 1. The molecule has 1 heterocycles. The molecule has 0 aromatic carbocycles. The maximum absolute atomic E-state index is 10.5. The average molecular weight is 228 g/mol. The number of rotatable bonds is 5. The number of methoxy groups -OCH3 is 1. The number of nitrogens with zero attached hydrogens (tertiary/aromatic N) is 3. The van der Waals surface area contributed by atoms with E-state index in [4.69, 9.17) is 21.3 Å². The Hall–Kier alpha value is -2.16. The number of aliphatic hydroxyl groups excluding tert-OH is 1. The lowest BCUT2D eigenvalue weighted by Gasteiger charge is -2.08. The number of hydrogen-bond donors (Lipinski definition) is 4. The summed E-state index contributed by atoms with van der Waals surface area (Å²) >= 11 is 0. The third-order valence-electron chi connectivity index (χ3n) is 1.60. The highest BCUT2D eigenvalue weighted by Crippen LogP contribution is 2.07. The first kappa shape index (κ1) is 11.9. The Labute approximate surface area is 90.8 Å². The van der Waals surface area contributed by atoms with Crippen molar-refractivity contribution in [1.29, 1.82) is 0 Å². The number of amides is 1. The van der Waals surface area contributed by atoms with Crippen molar-refractivity contribution in [2.75, 3.05) is 24.7 Å². The molecule has 0 radical (unpaired) electrons. The van der Waals surface area contributed by atoms with Gasteiger partial charge in [0.15, 0.2) is 0 Å². The Balaban J connectivity index is 2.66.